The predicted octanol–water partition coefficient (Wildman–Crippen LogP) is -1.72. The van der Waals surface area contributed by atoms with E-state index >= 15 is 0 Å². The molecule has 3 N–H and O–H groups in total. The average Bonchev–Trinajstić information content (AvgIpc) is 2.89. The summed E-state index contributed by atoms with van der Waals surface area (Å²) < 4.78 is 5.77. The van der Waals surface area contributed by atoms with Crippen molar-refractivity contribution >= 4 is 11.8 Å². The highest BCUT2D eigenvalue weighted by atomic mass is 16.5. The normalized spacial score (nSPS) is 53.8. The van der Waals surface area contributed by atoms with Crippen LogP contribution in [-0.4, -0.2) is 46.8 Å². The molecule has 4 fully saturated rings. The van der Waals surface area contributed by atoms with Crippen LogP contribution in [0.5, 0.6) is 0 Å². The molecule has 17 heavy (non-hydrogen) atoms. The summed E-state index contributed by atoms with van der Waals surface area (Å²) in [6, 6.07) is 0. The van der Waals surface area contributed by atoms with E-state index in [2.05, 4.69) is 0 Å². The second-order valence-corrected chi connectivity index (χ2v) is 5.58. The quantitative estimate of drug-likeness (QED) is 0.598. The zero-order chi connectivity index (χ0) is 11.9. The smallest absolute Gasteiger partial charge is 0.237 e. The van der Waals surface area contributed by atoms with Crippen LogP contribution in [0.15, 0.2) is 0 Å². The van der Waals surface area contributed by atoms with E-state index in [1.54, 1.807) is 0 Å². The van der Waals surface area contributed by atoms with Crippen molar-refractivity contribution in [1.29, 1.82) is 0 Å². The van der Waals surface area contributed by atoms with Gasteiger partial charge in [-0.15, -0.1) is 0 Å². The van der Waals surface area contributed by atoms with Crippen molar-refractivity contribution in [2.75, 3.05) is 6.54 Å². The van der Waals surface area contributed by atoms with Gasteiger partial charge >= 0.3 is 0 Å². The maximum Gasteiger partial charge on any atom is 0.237 e. The largest absolute Gasteiger partial charge is 0.390 e. The van der Waals surface area contributed by atoms with Gasteiger partial charge in [0.1, 0.15) is 12.8 Å². The first-order chi connectivity index (χ1) is 8.09. The number of nitrogens with two attached hydrogens (primary N) is 1. The molecule has 2 aliphatic heterocycles. The van der Waals surface area contributed by atoms with Gasteiger partial charge in [-0.3, -0.25) is 9.59 Å². The molecule has 2 aliphatic carbocycles. The maximum absolute atomic E-state index is 12.2. The third kappa shape index (κ3) is 0.950. The SMILES string of the molecule is NC(=O)CN1C(=O)C2C3CC4C(OC1C42)C3O. The number of primary amides is 1. The summed E-state index contributed by atoms with van der Waals surface area (Å²) >= 11 is 0. The first-order valence-corrected chi connectivity index (χ1v) is 6.02. The lowest BCUT2D eigenvalue weighted by Crippen LogP contribution is -2.46. The third-order valence-electron chi connectivity index (χ3n) is 4.94. The Hall–Kier alpha value is -1.14. The van der Waals surface area contributed by atoms with Crippen molar-refractivity contribution in [3.63, 3.8) is 0 Å². The van der Waals surface area contributed by atoms with Gasteiger partial charge in [-0.2, -0.15) is 0 Å². The van der Waals surface area contributed by atoms with Crippen LogP contribution >= 0.6 is 0 Å². The number of carbonyl (C=O) groups is 2. The monoisotopic (exact) mass is 238 g/mol. The molecule has 0 aromatic carbocycles. The number of aliphatic hydroxyl groups excluding tert-OH is 1. The van der Waals surface area contributed by atoms with E-state index in [1.807, 2.05) is 0 Å². The van der Waals surface area contributed by atoms with Gasteiger partial charge in [-0.25, -0.2) is 0 Å². The van der Waals surface area contributed by atoms with Crippen molar-refractivity contribution in [2.24, 2.45) is 29.4 Å². The predicted molar refractivity (Wildman–Crippen MR) is 54.2 cm³/mol. The van der Waals surface area contributed by atoms with Crippen LogP contribution in [0.2, 0.25) is 0 Å². The number of likely N-dealkylation sites (tertiary alicyclic amines) is 1. The summed E-state index contributed by atoms with van der Waals surface area (Å²) in [5, 5.41) is 10.0. The average molecular weight is 238 g/mol. The van der Waals surface area contributed by atoms with E-state index in [-0.39, 0.29) is 48.5 Å². The highest BCUT2D eigenvalue weighted by Gasteiger charge is 2.72. The lowest BCUT2D eigenvalue weighted by atomic mass is 9.80. The summed E-state index contributed by atoms with van der Waals surface area (Å²) in [6.07, 6.45) is -0.105. The second kappa shape index (κ2) is 2.81. The highest BCUT2D eigenvalue weighted by molar-refractivity contribution is 5.88. The van der Waals surface area contributed by atoms with E-state index in [9.17, 15) is 14.7 Å². The minimum Gasteiger partial charge on any atom is -0.390 e. The fraction of sp³-hybridized carbons (Fsp3) is 0.818. The van der Waals surface area contributed by atoms with Crippen molar-refractivity contribution in [3.05, 3.63) is 0 Å². The molecule has 2 saturated heterocycles. The zero-order valence-electron chi connectivity index (χ0n) is 9.15. The van der Waals surface area contributed by atoms with Crippen molar-refractivity contribution in [3.8, 4) is 0 Å². The molecule has 2 bridgehead atoms. The van der Waals surface area contributed by atoms with E-state index in [0.29, 0.717) is 0 Å². The lowest BCUT2D eigenvalue weighted by Gasteiger charge is -2.29. The molecule has 0 radical (unpaired) electrons. The van der Waals surface area contributed by atoms with Crippen LogP contribution in [-0.2, 0) is 14.3 Å². The lowest BCUT2D eigenvalue weighted by molar-refractivity contribution is -0.153. The molecular formula is C11H14N2O4. The number of amides is 2. The standard InChI is InChI=1S/C11H14N2O4/c12-5(14)2-13-10(16)6-3-1-4-7(6)11(13)17-9(4)8(3)15/h3-4,6-9,11,15H,1-2H2,(H2,12,14). The fourth-order valence-electron chi connectivity index (χ4n) is 4.48. The van der Waals surface area contributed by atoms with Crippen LogP contribution in [0, 0.1) is 23.7 Å². The Morgan fingerprint density at radius 2 is 2.29 bits per heavy atom. The van der Waals surface area contributed by atoms with E-state index < -0.39 is 12.0 Å². The molecule has 7 atom stereocenters. The number of carbonyl (C=O) groups excluding carboxylic acids is 2. The van der Waals surface area contributed by atoms with Gasteiger partial charge in [0.15, 0.2) is 0 Å². The Bertz CT molecular complexity index is 426. The topological polar surface area (TPSA) is 92.9 Å². The van der Waals surface area contributed by atoms with Gasteiger partial charge in [-0.1, -0.05) is 0 Å². The van der Waals surface area contributed by atoms with Gasteiger partial charge in [-0.05, 0) is 18.3 Å². The zero-order valence-corrected chi connectivity index (χ0v) is 9.15. The minimum atomic E-state index is -0.514. The van der Waals surface area contributed by atoms with E-state index in [1.165, 1.54) is 4.90 Å². The van der Waals surface area contributed by atoms with Gasteiger partial charge in [0.25, 0.3) is 0 Å². The van der Waals surface area contributed by atoms with Crippen LogP contribution < -0.4 is 5.73 Å². The Morgan fingerprint density at radius 3 is 3.00 bits per heavy atom. The van der Waals surface area contributed by atoms with Gasteiger partial charge in [0, 0.05) is 5.92 Å². The number of nitrogens with zero attached hydrogens (tertiary/aromatic N) is 1. The molecular weight excluding hydrogens is 224 g/mol. The second-order valence-electron chi connectivity index (χ2n) is 5.58. The first kappa shape index (κ1) is 9.85. The molecule has 7 unspecified atom stereocenters. The molecule has 4 aliphatic rings. The van der Waals surface area contributed by atoms with E-state index in [0.717, 1.165) is 6.42 Å². The summed E-state index contributed by atoms with van der Waals surface area (Å²) in [7, 11) is 0. The Kier molecular flexibility index (Phi) is 1.63. The minimum absolute atomic E-state index is 0.0189. The Morgan fingerprint density at radius 1 is 1.53 bits per heavy atom. The molecule has 0 spiro atoms. The Labute approximate surface area is 97.7 Å². The molecule has 2 heterocycles. The number of hydrogen-bond acceptors (Lipinski definition) is 4. The molecule has 4 rings (SSSR count). The molecule has 92 valence electrons. The van der Waals surface area contributed by atoms with Crippen LogP contribution in [0.3, 0.4) is 0 Å². The first-order valence-electron chi connectivity index (χ1n) is 6.02. The number of ether oxygens (including phenoxy) is 1. The number of fused-ring (bicyclic) bond motifs is 2. The van der Waals surface area contributed by atoms with Gasteiger partial charge < -0.3 is 20.5 Å². The number of aliphatic hydroxyl groups is 1. The number of rotatable bonds is 2. The number of hydrogen-bond donors (Lipinski definition) is 2. The maximum atomic E-state index is 12.2. The molecule has 0 aromatic rings. The summed E-state index contributed by atoms with van der Waals surface area (Å²) in [5.41, 5.74) is 5.15. The molecule has 6 heteroatoms. The third-order valence-corrected chi connectivity index (χ3v) is 4.94. The summed E-state index contributed by atoms with van der Waals surface area (Å²) in [4.78, 5) is 24.7. The molecule has 2 saturated carbocycles. The van der Waals surface area contributed by atoms with Gasteiger partial charge in [0.2, 0.25) is 11.8 Å². The van der Waals surface area contributed by atoms with Gasteiger partial charge in [0.05, 0.1) is 18.1 Å². The summed E-state index contributed by atoms with van der Waals surface area (Å²) in [6.45, 7) is -0.0707. The Balaban J connectivity index is 1.72. The fourth-order valence-corrected chi connectivity index (χ4v) is 4.48. The van der Waals surface area contributed by atoms with Crippen LogP contribution in [0.4, 0.5) is 0 Å². The highest BCUT2D eigenvalue weighted by Crippen LogP contribution is 2.63. The molecule has 2 amide bonds. The van der Waals surface area contributed by atoms with Crippen molar-refractivity contribution in [2.45, 2.75) is 24.9 Å². The molecule has 6 nitrogen and oxygen atoms in total. The van der Waals surface area contributed by atoms with Crippen molar-refractivity contribution < 1.29 is 19.4 Å². The summed E-state index contributed by atoms with van der Waals surface area (Å²) in [5.74, 6) is -0.265. The van der Waals surface area contributed by atoms with Crippen LogP contribution in [0.1, 0.15) is 6.42 Å². The van der Waals surface area contributed by atoms with Crippen LogP contribution in [0.25, 0.3) is 0 Å². The van der Waals surface area contributed by atoms with Crippen molar-refractivity contribution in [1.82, 2.24) is 4.90 Å². The molecule has 0 aromatic heterocycles. The van der Waals surface area contributed by atoms with E-state index in [4.69, 9.17) is 10.5 Å².